The number of nitrogens with two attached hydrogens (primary N) is 4. The molecule has 1 unspecified atom stereocenters. The van der Waals surface area contributed by atoms with Gasteiger partial charge in [0.2, 0.25) is 17.8 Å². The lowest BCUT2D eigenvalue weighted by molar-refractivity contribution is 0.440. The molecule has 11 heteroatoms. The van der Waals surface area contributed by atoms with Crippen molar-refractivity contribution >= 4 is 23.5 Å². The first-order chi connectivity index (χ1) is 17.2. The summed E-state index contributed by atoms with van der Waals surface area (Å²) in [6.45, 7) is 9.58. The summed E-state index contributed by atoms with van der Waals surface area (Å²) in [6.07, 6.45) is 1.60. The molecular formula is C25H41N11. The number of hydrogen-bond acceptors (Lipinski definition) is 11. The fourth-order valence-electron chi connectivity index (χ4n) is 5.71. The van der Waals surface area contributed by atoms with Crippen molar-refractivity contribution in [2.24, 2.45) is 22.9 Å². The van der Waals surface area contributed by atoms with Crippen LogP contribution in [0.2, 0.25) is 0 Å². The van der Waals surface area contributed by atoms with Crippen LogP contribution in [0.4, 0.5) is 23.5 Å². The van der Waals surface area contributed by atoms with Crippen molar-refractivity contribution in [1.29, 1.82) is 0 Å². The molecule has 3 aliphatic rings. The number of piperazine rings is 1. The van der Waals surface area contributed by atoms with Crippen LogP contribution in [0.15, 0.2) is 24.3 Å². The molecule has 0 saturated carbocycles. The molecule has 5 atom stereocenters. The van der Waals surface area contributed by atoms with E-state index in [1.807, 2.05) is 0 Å². The van der Waals surface area contributed by atoms with Crippen molar-refractivity contribution in [2.75, 3.05) is 65.4 Å². The van der Waals surface area contributed by atoms with Crippen LogP contribution in [0.5, 0.6) is 0 Å². The van der Waals surface area contributed by atoms with Crippen molar-refractivity contribution in [1.82, 2.24) is 15.0 Å². The first-order valence-corrected chi connectivity index (χ1v) is 13.1. The van der Waals surface area contributed by atoms with E-state index >= 15 is 0 Å². The van der Waals surface area contributed by atoms with E-state index in [1.54, 1.807) is 0 Å². The Balaban J connectivity index is 1.42. The Morgan fingerprint density at radius 1 is 0.639 bits per heavy atom. The van der Waals surface area contributed by atoms with Crippen LogP contribution in [0.25, 0.3) is 0 Å². The number of rotatable bonds is 4. The SMILES string of the molecule is Cc1ccc(N2CCN(c3nc(N4C[C@H](N)C[C@H](N)C4)nc(N4C[C@H](N)C[C@H](N)C4)n3)CC2C)cc1. The Morgan fingerprint density at radius 2 is 1.08 bits per heavy atom. The zero-order valence-corrected chi connectivity index (χ0v) is 21.5. The lowest BCUT2D eigenvalue weighted by atomic mass is 10.0. The summed E-state index contributed by atoms with van der Waals surface area (Å²) >= 11 is 0. The van der Waals surface area contributed by atoms with Crippen molar-refractivity contribution in [2.45, 2.75) is 56.9 Å². The average Bonchev–Trinajstić information content (AvgIpc) is 2.83. The van der Waals surface area contributed by atoms with Crippen molar-refractivity contribution < 1.29 is 0 Å². The molecule has 3 fully saturated rings. The number of nitrogens with zero attached hydrogens (tertiary/aromatic N) is 7. The standard InChI is InChI=1S/C25H41N11/c1-16-3-5-22(6-4-16)36-8-7-33(11-17(36)2)23-30-24(34-12-18(26)9-19(27)13-34)32-25(31-23)35-14-20(28)10-21(29)15-35/h3-6,17-21H,7-15,26-29H2,1-2H3/t17?,18-,19+,20-,21+. The molecule has 5 rings (SSSR count). The molecule has 1 aromatic carbocycles. The van der Waals surface area contributed by atoms with E-state index in [0.717, 1.165) is 32.5 Å². The number of benzene rings is 1. The molecule has 0 amide bonds. The first-order valence-electron chi connectivity index (χ1n) is 13.1. The molecule has 4 heterocycles. The third-order valence-electron chi connectivity index (χ3n) is 7.47. The summed E-state index contributed by atoms with van der Waals surface area (Å²) in [6, 6.07) is 9.01. The van der Waals surface area contributed by atoms with Gasteiger partial charge in [-0.05, 0) is 38.8 Å². The normalized spacial score (nSPS) is 29.6. The number of aromatic nitrogens is 3. The summed E-state index contributed by atoms with van der Waals surface area (Å²) in [4.78, 5) is 23.7. The summed E-state index contributed by atoms with van der Waals surface area (Å²) in [5, 5.41) is 0. The van der Waals surface area contributed by atoms with E-state index in [1.165, 1.54) is 11.3 Å². The largest absolute Gasteiger partial charge is 0.365 e. The molecule has 1 aromatic heterocycles. The Kier molecular flexibility index (Phi) is 7.16. The first kappa shape index (κ1) is 24.9. The van der Waals surface area contributed by atoms with E-state index < -0.39 is 0 Å². The second kappa shape index (κ2) is 10.3. The molecule has 0 spiro atoms. The highest BCUT2D eigenvalue weighted by atomic mass is 15.4. The third kappa shape index (κ3) is 5.49. The molecule has 0 bridgehead atoms. The summed E-state index contributed by atoms with van der Waals surface area (Å²) < 4.78 is 0. The number of hydrogen-bond donors (Lipinski definition) is 4. The smallest absolute Gasteiger partial charge is 0.232 e. The van der Waals surface area contributed by atoms with Gasteiger partial charge in [0.1, 0.15) is 0 Å². The van der Waals surface area contributed by atoms with Crippen molar-refractivity contribution in [3.05, 3.63) is 29.8 Å². The third-order valence-corrected chi connectivity index (χ3v) is 7.47. The summed E-state index contributed by atoms with van der Waals surface area (Å²) in [5.74, 6) is 1.94. The fraction of sp³-hybridized carbons (Fsp3) is 0.640. The molecule has 36 heavy (non-hydrogen) atoms. The maximum atomic E-state index is 6.30. The van der Waals surface area contributed by atoms with Crippen LogP contribution in [0, 0.1) is 6.92 Å². The second-order valence-electron chi connectivity index (χ2n) is 10.9. The molecule has 3 aliphatic heterocycles. The van der Waals surface area contributed by atoms with Crippen LogP contribution < -0.4 is 42.5 Å². The van der Waals surface area contributed by atoms with Gasteiger partial charge in [0.15, 0.2) is 0 Å². The van der Waals surface area contributed by atoms with E-state index in [4.69, 9.17) is 37.9 Å². The van der Waals surface area contributed by atoms with Gasteiger partial charge in [-0.3, -0.25) is 0 Å². The van der Waals surface area contributed by atoms with Crippen molar-refractivity contribution in [3.63, 3.8) is 0 Å². The van der Waals surface area contributed by atoms with Gasteiger partial charge in [-0.25, -0.2) is 0 Å². The van der Waals surface area contributed by atoms with Gasteiger partial charge in [-0.2, -0.15) is 15.0 Å². The Hall–Kier alpha value is -2.73. The molecule has 11 nitrogen and oxygen atoms in total. The quantitative estimate of drug-likeness (QED) is 0.439. The number of aryl methyl sites for hydroxylation is 1. The van der Waals surface area contributed by atoms with E-state index in [0.29, 0.717) is 50.1 Å². The lowest BCUT2D eigenvalue weighted by Crippen LogP contribution is -2.55. The zero-order chi connectivity index (χ0) is 25.4. The molecule has 2 aromatic rings. The van der Waals surface area contributed by atoms with Gasteiger partial charge in [0.05, 0.1) is 0 Å². The molecule has 8 N–H and O–H groups in total. The van der Waals surface area contributed by atoms with Gasteiger partial charge in [-0.1, -0.05) is 17.7 Å². The summed E-state index contributed by atoms with van der Waals surface area (Å²) in [5.41, 5.74) is 27.7. The monoisotopic (exact) mass is 495 g/mol. The molecular weight excluding hydrogens is 454 g/mol. The van der Waals surface area contributed by atoms with Crippen molar-refractivity contribution in [3.8, 4) is 0 Å². The predicted molar refractivity (Wildman–Crippen MR) is 146 cm³/mol. The van der Waals surface area contributed by atoms with Crippen LogP contribution >= 0.6 is 0 Å². The second-order valence-corrected chi connectivity index (χ2v) is 10.9. The molecule has 0 radical (unpaired) electrons. The van der Waals surface area contributed by atoms with Gasteiger partial charge in [0, 0.05) is 81.7 Å². The number of anilines is 4. The van der Waals surface area contributed by atoms with Gasteiger partial charge in [-0.15, -0.1) is 0 Å². The van der Waals surface area contributed by atoms with Gasteiger partial charge >= 0.3 is 0 Å². The van der Waals surface area contributed by atoms with E-state index in [-0.39, 0.29) is 24.2 Å². The summed E-state index contributed by atoms with van der Waals surface area (Å²) in [7, 11) is 0. The van der Waals surface area contributed by atoms with Crippen LogP contribution in [0.3, 0.4) is 0 Å². The fourth-order valence-corrected chi connectivity index (χ4v) is 5.71. The Morgan fingerprint density at radius 3 is 1.53 bits per heavy atom. The maximum absolute atomic E-state index is 6.30. The highest BCUT2D eigenvalue weighted by molar-refractivity contribution is 5.52. The average molecular weight is 496 g/mol. The lowest BCUT2D eigenvalue weighted by Gasteiger charge is -2.42. The van der Waals surface area contributed by atoms with Crippen LogP contribution in [-0.4, -0.2) is 91.0 Å². The molecule has 0 aliphatic carbocycles. The highest BCUT2D eigenvalue weighted by Gasteiger charge is 2.31. The minimum Gasteiger partial charge on any atom is -0.365 e. The Labute approximate surface area is 213 Å². The maximum Gasteiger partial charge on any atom is 0.232 e. The van der Waals surface area contributed by atoms with Crippen LogP contribution in [-0.2, 0) is 0 Å². The minimum absolute atomic E-state index is 0.00711. The predicted octanol–water partition coefficient (Wildman–Crippen LogP) is -0.375. The minimum atomic E-state index is -0.00711. The molecule has 196 valence electrons. The topological polar surface area (TPSA) is 156 Å². The Bertz CT molecular complexity index is 967. The zero-order valence-electron chi connectivity index (χ0n) is 21.5. The van der Waals surface area contributed by atoms with E-state index in [2.05, 4.69) is 57.7 Å². The molecule has 3 saturated heterocycles. The van der Waals surface area contributed by atoms with E-state index in [9.17, 15) is 0 Å². The number of piperidine rings is 2. The van der Waals surface area contributed by atoms with Gasteiger partial charge in [0.25, 0.3) is 0 Å². The van der Waals surface area contributed by atoms with Crippen LogP contribution in [0.1, 0.15) is 25.3 Å². The highest BCUT2D eigenvalue weighted by Crippen LogP contribution is 2.27. The van der Waals surface area contributed by atoms with Gasteiger partial charge < -0.3 is 42.5 Å².